The molecule has 2 N–H and O–H groups in total. The summed E-state index contributed by atoms with van der Waals surface area (Å²) >= 11 is 6.15. The van der Waals surface area contributed by atoms with Gasteiger partial charge < -0.3 is 9.47 Å². The number of nitrogens with one attached hydrogen (secondary N) is 2. The first kappa shape index (κ1) is 17.0. The van der Waals surface area contributed by atoms with E-state index in [2.05, 4.69) is 20.7 Å². The molecule has 0 unspecified atom stereocenters. The number of fused-ring (bicyclic) bond motifs is 2. The summed E-state index contributed by atoms with van der Waals surface area (Å²) in [6.07, 6.45) is 1.38. The fourth-order valence-corrected chi connectivity index (χ4v) is 2.91. The maximum Gasteiger partial charge on any atom is 0.272 e. The molecule has 1 aliphatic rings. The van der Waals surface area contributed by atoms with Crippen LogP contribution < -0.4 is 20.5 Å². The number of hydrogen-bond donors (Lipinski definition) is 2. The molecule has 136 valence electrons. The summed E-state index contributed by atoms with van der Waals surface area (Å²) in [6, 6.07) is 10.3. The first-order valence-electron chi connectivity index (χ1n) is 7.99. The van der Waals surface area contributed by atoms with Gasteiger partial charge in [0.25, 0.3) is 5.56 Å². The molecule has 27 heavy (non-hydrogen) atoms. The summed E-state index contributed by atoms with van der Waals surface area (Å²) in [6.45, 7) is 0.142. The zero-order chi connectivity index (χ0) is 18.8. The molecular formula is C18H13ClN4O4. The fourth-order valence-electron chi connectivity index (χ4n) is 2.70. The molecule has 0 saturated carbocycles. The van der Waals surface area contributed by atoms with Crippen LogP contribution in [0.2, 0.25) is 5.02 Å². The predicted molar refractivity (Wildman–Crippen MR) is 99.4 cm³/mol. The largest absolute Gasteiger partial charge is 0.454 e. The van der Waals surface area contributed by atoms with Crippen LogP contribution in [0.1, 0.15) is 11.3 Å². The number of hydrogen-bond acceptors (Lipinski definition) is 6. The molecule has 0 aliphatic carbocycles. The smallest absolute Gasteiger partial charge is 0.272 e. The molecule has 0 saturated heterocycles. The minimum Gasteiger partial charge on any atom is -0.454 e. The van der Waals surface area contributed by atoms with Crippen molar-refractivity contribution in [3.05, 3.63) is 63.0 Å². The van der Waals surface area contributed by atoms with Crippen molar-refractivity contribution in [1.82, 2.24) is 15.6 Å². The summed E-state index contributed by atoms with van der Waals surface area (Å²) in [4.78, 5) is 24.0. The number of aromatic nitrogens is 2. The molecule has 4 rings (SSSR count). The minimum absolute atomic E-state index is 0.0382. The summed E-state index contributed by atoms with van der Waals surface area (Å²) < 4.78 is 10.5. The molecule has 1 aromatic heterocycles. The second-order valence-electron chi connectivity index (χ2n) is 5.74. The van der Waals surface area contributed by atoms with Crippen molar-refractivity contribution >= 4 is 34.5 Å². The Hall–Kier alpha value is -3.39. The zero-order valence-corrected chi connectivity index (χ0v) is 14.6. The number of carbonyl (C=O) groups excluding carboxylic acids is 1. The van der Waals surface area contributed by atoms with Crippen molar-refractivity contribution in [3.63, 3.8) is 0 Å². The van der Waals surface area contributed by atoms with Crippen molar-refractivity contribution in [1.29, 1.82) is 0 Å². The highest BCUT2D eigenvalue weighted by Gasteiger charge is 2.16. The van der Waals surface area contributed by atoms with E-state index in [9.17, 15) is 9.59 Å². The standard InChI is InChI=1S/C18H13ClN4O4/c19-13-6-16-15(26-9-27-16)5-10(13)8-20-22-17(24)7-14-11-3-1-2-4-12(11)18(25)23-21-14/h1-6,8H,7,9H2,(H,22,24)(H,23,25)/b20-8+. The van der Waals surface area contributed by atoms with Gasteiger partial charge in [0.15, 0.2) is 11.5 Å². The van der Waals surface area contributed by atoms with Gasteiger partial charge in [0.1, 0.15) is 0 Å². The lowest BCUT2D eigenvalue weighted by atomic mass is 10.1. The Morgan fingerprint density at radius 2 is 2.00 bits per heavy atom. The third kappa shape index (κ3) is 3.47. The Balaban J connectivity index is 1.47. The quantitative estimate of drug-likeness (QED) is 0.528. The molecule has 9 heteroatoms. The van der Waals surface area contributed by atoms with E-state index in [4.69, 9.17) is 21.1 Å². The highest BCUT2D eigenvalue weighted by atomic mass is 35.5. The molecule has 0 fully saturated rings. The Kier molecular flexibility index (Phi) is 4.47. The van der Waals surface area contributed by atoms with Crippen LogP contribution >= 0.6 is 11.6 Å². The summed E-state index contributed by atoms with van der Waals surface area (Å²) in [5, 5.41) is 11.8. The van der Waals surface area contributed by atoms with Crippen molar-refractivity contribution < 1.29 is 14.3 Å². The average molecular weight is 385 g/mol. The van der Waals surface area contributed by atoms with Crippen LogP contribution in [0.5, 0.6) is 11.5 Å². The molecule has 8 nitrogen and oxygen atoms in total. The van der Waals surface area contributed by atoms with Crippen LogP contribution in [-0.4, -0.2) is 29.1 Å². The van der Waals surface area contributed by atoms with Crippen LogP contribution in [0.4, 0.5) is 0 Å². The van der Waals surface area contributed by atoms with Crippen LogP contribution in [0.3, 0.4) is 0 Å². The number of aromatic amines is 1. The number of rotatable bonds is 4. The second-order valence-corrected chi connectivity index (χ2v) is 6.15. The lowest BCUT2D eigenvalue weighted by Gasteiger charge is -2.04. The normalized spacial score (nSPS) is 12.6. The van der Waals surface area contributed by atoms with E-state index in [1.54, 1.807) is 36.4 Å². The predicted octanol–water partition coefficient (Wildman–Crippen LogP) is 2.00. The molecule has 0 spiro atoms. The van der Waals surface area contributed by atoms with Crippen molar-refractivity contribution in [2.24, 2.45) is 5.10 Å². The van der Waals surface area contributed by atoms with Gasteiger partial charge in [0, 0.05) is 17.0 Å². The van der Waals surface area contributed by atoms with E-state index in [-0.39, 0.29) is 24.7 Å². The van der Waals surface area contributed by atoms with E-state index in [0.717, 1.165) is 0 Å². The molecule has 3 aromatic rings. The van der Waals surface area contributed by atoms with E-state index in [0.29, 0.717) is 38.6 Å². The topological polar surface area (TPSA) is 106 Å². The van der Waals surface area contributed by atoms with E-state index >= 15 is 0 Å². The maximum absolute atomic E-state index is 12.2. The number of carbonyl (C=O) groups is 1. The van der Waals surface area contributed by atoms with Crippen LogP contribution in [0.15, 0.2) is 46.3 Å². The van der Waals surface area contributed by atoms with E-state index < -0.39 is 0 Å². The number of amides is 1. The Bertz CT molecular complexity index is 1130. The summed E-state index contributed by atoms with van der Waals surface area (Å²) in [5.74, 6) is 0.751. The van der Waals surface area contributed by atoms with Gasteiger partial charge in [-0.2, -0.15) is 10.2 Å². The first-order chi connectivity index (χ1) is 13.1. The zero-order valence-electron chi connectivity index (χ0n) is 13.9. The molecule has 2 aromatic carbocycles. The molecule has 0 radical (unpaired) electrons. The lowest BCUT2D eigenvalue weighted by molar-refractivity contribution is -0.120. The Morgan fingerprint density at radius 1 is 1.26 bits per heavy atom. The highest BCUT2D eigenvalue weighted by Crippen LogP contribution is 2.36. The van der Waals surface area contributed by atoms with Crippen molar-refractivity contribution in [2.45, 2.75) is 6.42 Å². The summed E-state index contributed by atoms with van der Waals surface area (Å²) in [5.41, 5.74) is 3.16. The lowest BCUT2D eigenvalue weighted by Crippen LogP contribution is -2.22. The summed E-state index contributed by atoms with van der Waals surface area (Å²) in [7, 11) is 0. The van der Waals surface area contributed by atoms with E-state index in [1.807, 2.05) is 0 Å². The van der Waals surface area contributed by atoms with Gasteiger partial charge in [0.2, 0.25) is 12.7 Å². The number of ether oxygens (including phenoxy) is 2. The van der Waals surface area contributed by atoms with Crippen LogP contribution in [-0.2, 0) is 11.2 Å². The minimum atomic E-state index is -0.382. The number of benzene rings is 2. The molecule has 1 amide bonds. The van der Waals surface area contributed by atoms with Crippen LogP contribution in [0.25, 0.3) is 10.8 Å². The Morgan fingerprint density at radius 3 is 2.81 bits per heavy atom. The molecular weight excluding hydrogens is 372 g/mol. The number of nitrogens with zero attached hydrogens (tertiary/aromatic N) is 2. The molecule has 1 aliphatic heterocycles. The SMILES string of the molecule is O=C(Cc1n[nH]c(=O)c2ccccc12)N/N=C/c1cc2c(cc1Cl)OCO2. The van der Waals surface area contributed by atoms with Crippen LogP contribution in [0, 0.1) is 0 Å². The monoisotopic (exact) mass is 384 g/mol. The van der Waals surface area contributed by atoms with Gasteiger partial charge >= 0.3 is 0 Å². The van der Waals surface area contributed by atoms with E-state index in [1.165, 1.54) is 6.21 Å². The molecule has 2 heterocycles. The molecule has 0 bridgehead atoms. The van der Waals surface area contributed by atoms with Crippen molar-refractivity contribution in [2.75, 3.05) is 6.79 Å². The maximum atomic E-state index is 12.2. The molecule has 0 atom stereocenters. The van der Waals surface area contributed by atoms with Gasteiger partial charge in [-0.05, 0) is 12.1 Å². The Labute approximate surface area is 157 Å². The van der Waals surface area contributed by atoms with Crippen molar-refractivity contribution in [3.8, 4) is 11.5 Å². The second kappa shape index (κ2) is 7.08. The number of halogens is 1. The fraction of sp³-hybridized carbons (Fsp3) is 0.111. The van der Waals surface area contributed by atoms with Gasteiger partial charge in [-0.15, -0.1) is 0 Å². The van der Waals surface area contributed by atoms with Gasteiger partial charge in [-0.1, -0.05) is 29.8 Å². The third-order valence-corrected chi connectivity index (χ3v) is 4.32. The average Bonchev–Trinajstić information content (AvgIpc) is 3.11. The van der Waals surface area contributed by atoms with Gasteiger partial charge in [-0.25, -0.2) is 10.5 Å². The third-order valence-electron chi connectivity index (χ3n) is 3.99. The number of H-pyrrole nitrogens is 1. The highest BCUT2D eigenvalue weighted by molar-refractivity contribution is 6.33. The van der Waals surface area contributed by atoms with Gasteiger partial charge in [-0.3, -0.25) is 9.59 Å². The van der Waals surface area contributed by atoms with Gasteiger partial charge in [0.05, 0.1) is 28.7 Å². The number of hydrazone groups is 1. The first-order valence-corrected chi connectivity index (χ1v) is 8.37.